The van der Waals surface area contributed by atoms with Crippen LogP contribution >= 0.6 is 0 Å². The highest BCUT2D eigenvalue weighted by Crippen LogP contribution is 2.36. The third kappa shape index (κ3) is 3.36. The van der Waals surface area contributed by atoms with Crippen molar-refractivity contribution in [3.63, 3.8) is 0 Å². The summed E-state index contributed by atoms with van der Waals surface area (Å²) in [5, 5.41) is 0. The standard InChI is InChI=1S/C23H27N5/c24-17-10-12-18(13-11-17)28(15-22-26-19-7-1-2-8-20(19)27-22)21-9-3-5-16-6-4-14-25-23(16)21/h1-2,4,6-8,10,12,14,17-18,21H,3,5,9,11,13,15,24H2,(H,26,27)/t17-,18+,21+/m0/s1. The molecule has 0 fully saturated rings. The van der Waals surface area contributed by atoms with Gasteiger partial charge in [0.15, 0.2) is 0 Å². The fourth-order valence-corrected chi connectivity index (χ4v) is 4.72. The number of aromatic amines is 1. The Balaban J connectivity index is 1.51. The first-order valence-corrected chi connectivity index (χ1v) is 10.3. The molecule has 2 aliphatic rings. The molecular weight excluding hydrogens is 346 g/mol. The van der Waals surface area contributed by atoms with E-state index in [0.29, 0.717) is 12.1 Å². The Morgan fingerprint density at radius 1 is 1.07 bits per heavy atom. The van der Waals surface area contributed by atoms with E-state index in [-0.39, 0.29) is 6.04 Å². The molecule has 2 aromatic heterocycles. The molecule has 5 rings (SSSR count). The average Bonchev–Trinajstić information content (AvgIpc) is 3.15. The second-order valence-corrected chi connectivity index (χ2v) is 8.02. The predicted octanol–water partition coefficient (Wildman–Crippen LogP) is 3.88. The highest BCUT2D eigenvalue weighted by Gasteiger charge is 2.32. The van der Waals surface area contributed by atoms with Crippen molar-refractivity contribution in [2.24, 2.45) is 5.73 Å². The van der Waals surface area contributed by atoms with Crippen LogP contribution in [0.1, 0.15) is 48.8 Å². The molecule has 5 heteroatoms. The smallest absolute Gasteiger partial charge is 0.121 e. The van der Waals surface area contributed by atoms with Gasteiger partial charge in [0.05, 0.1) is 29.3 Å². The Kier molecular flexibility index (Phi) is 4.71. The number of nitrogens with zero attached hydrogens (tertiary/aromatic N) is 3. The highest BCUT2D eigenvalue weighted by atomic mass is 15.2. The van der Waals surface area contributed by atoms with Crippen LogP contribution in [0.3, 0.4) is 0 Å². The molecule has 2 heterocycles. The molecule has 0 saturated heterocycles. The van der Waals surface area contributed by atoms with Crippen LogP contribution in [-0.4, -0.2) is 31.9 Å². The lowest BCUT2D eigenvalue weighted by molar-refractivity contribution is 0.118. The summed E-state index contributed by atoms with van der Waals surface area (Å²) in [6, 6.07) is 13.4. The van der Waals surface area contributed by atoms with Gasteiger partial charge in [0, 0.05) is 18.3 Å². The van der Waals surface area contributed by atoms with Crippen molar-refractivity contribution in [3.8, 4) is 0 Å². The van der Waals surface area contributed by atoms with Crippen molar-refractivity contribution < 1.29 is 0 Å². The van der Waals surface area contributed by atoms with E-state index < -0.39 is 0 Å². The van der Waals surface area contributed by atoms with Crippen molar-refractivity contribution in [2.45, 2.75) is 56.8 Å². The van der Waals surface area contributed by atoms with Crippen molar-refractivity contribution in [2.75, 3.05) is 0 Å². The number of pyridine rings is 1. The van der Waals surface area contributed by atoms with E-state index in [1.807, 2.05) is 12.3 Å². The van der Waals surface area contributed by atoms with Crippen molar-refractivity contribution >= 4 is 11.0 Å². The summed E-state index contributed by atoms with van der Waals surface area (Å²) in [6.45, 7) is 0.791. The second-order valence-electron chi connectivity index (χ2n) is 8.02. The van der Waals surface area contributed by atoms with Gasteiger partial charge in [-0.05, 0) is 55.9 Å². The molecule has 3 atom stereocenters. The molecule has 1 aromatic carbocycles. The van der Waals surface area contributed by atoms with Gasteiger partial charge in [0.1, 0.15) is 5.82 Å². The maximum absolute atomic E-state index is 6.12. The second kappa shape index (κ2) is 7.49. The molecule has 3 N–H and O–H groups in total. The van der Waals surface area contributed by atoms with Crippen LogP contribution in [0, 0.1) is 0 Å². The molecule has 144 valence electrons. The SMILES string of the molecule is N[C@H]1C=C[C@@H](N(Cc2nc3ccccc3[nH]2)[C@@H]2CCCc3cccnc32)CC1. The Labute approximate surface area is 165 Å². The minimum absolute atomic E-state index is 0.182. The number of imidazole rings is 1. The maximum Gasteiger partial charge on any atom is 0.121 e. The van der Waals surface area contributed by atoms with Gasteiger partial charge in [-0.3, -0.25) is 9.88 Å². The molecule has 0 bridgehead atoms. The fraction of sp³-hybridized carbons (Fsp3) is 0.391. The lowest BCUT2D eigenvalue weighted by Gasteiger charge is -2.40. The molecular formula is C23H27N5. The number of para-hydroxylation sites is 2. The molecule has 3 aromatic rings. The quantitative estimate of drug-likeness (QED) is 0.681. The van der Waals surface area contributed by atoms with Crippen molar-refractivity contribution in [1.82, 2.24) is 19.9 Å². The third-order valence-corrected chi connectivity index (χ3v) is 6.14. The van der Waals surface area contributed by atoms with E-state index in [4.69, 9.17) is 15.7 Å². The monoisotopic (exact) mass is 373 g/mol. The van der Waals surface area contributed by atoms with E-state index >= 15 is 0 Å². The minimum atomic E-state index is 0.182. The van der Waals surface area contributed by atoms with Gasteiger partial charge in [0.2, 0.25) is 0 Å². The molecule has 0 unspecified atom stereocenters. The van der Waals surface area contributed by atoms with Gasteiger partial charge < -0.3 is 10.7 Å². The zero-order chi connectivity index (χ0) is 18.9. The van der Waals surface area contributed by atoms with Crippen LogP contribution in [0.25, 0.3) is 11.0 Å². The largest absolute Gasteiger partial charge is 0.341 e. The first-order chi connectivity index (χ1) is 13.8. The number of H-pyrrole nitrogens is 1. The topological polar surface area (TPSA) is 70.8 Å². The summed E-state index contributed by atoms with van der Waals surface area (Å²) in [5.74, 6) is 1.02. The summed E-state index contributed by atoms with van der Waals surface area (Å²) in [5.41, 5.74) is 10.9. The normalized spacial score (nSPS) is 24.6. The third-order valence-electron chi connectivity index (χ3n) is 6.14. The van der Waals surface area contributed by atoms with Gasteiger partial charge in [-0.2, -0.15) is 0 Å². The Hall–Kier alpha value is -2.50. The lowest BCUT2D eigenvalue weighted by Crippen LogP contribution is -2.41. The number of aryl methyl sites for hydroxylation is 1. The number of hydrogen-bond acceptors (Lipinski definition) is 4. The van der Waals surface area contributed by atoms with Crippen LogP contribution in [-0.2, 0) is 13.0 Å². The maximum atomic E-state index is 6.12. The lowest BCUT2D eigenvalue weighted by atomic mass is 9.88. The molecule has 0 saturated carbocycles. The molecule has 0 aliphatic heterocycles. The van der Waals surface area contributed by atoms with Crippen LogP contribution in [0.2, 0.25) is 0 Å². The zero-order valence-corrected chi connectivity index (χ0v) is 16.1. The Morgan fingerprint density at radius 2 is 2.00 bits per heavy atom. The summed E-state index contributed by atoms with van der Waals surface area (Å²) in [7, 11) is 0. The highest BCUT2D eigenvalue weighted by molar-refractivity contribution is 5.74. The van der Waals surface area contributed by atoms with E-state index in [0.717, 1.165) is 49.1 Å². The summed E-state index contributed by atoms with van der Waals surface area (Å²) >= 11 is 0. The molecule has 0 radical (unpaired) electrons. The Morgan fingerprint density at radius 3 is 2.86 bits per heavy atom. The van der Waals surface area contributed by atoms with Crippen molar-refractivity contribution in [3.05, 3.63) is 71.8 Å². The number of nitrogens with two attached hydrogens (primary N) is 1. The number of nitrogens with one attached hydrogen (secondary N) is 1. The van der Waals surface area contributed by atoms with E-state index in [9.17, 15) is 0 Å². The fourth-order valence-electron chi connectivity index (χ4n) is 4.72. The molecule has 2 aliphatic carbocycles. The number of hydrogen-bond donors (Lipinski definition) is 2. The van der Waals surface area contributed by atoms with E-state index in [2.05, 4.69) is 52.4 Å². The van der Waals surface area contributed by atoms with Crippen LogP contribution in [0.4, 0.5) is 0 Å². The molecule has 5 nitrogen and oxygen atoms in total. The van der Waals surface area contributed by atoms with Gasteiger partial charge in [0.25, 0.3) is 0 Å². The van der Waals surface area contributed by atoms with Gasteiger partial charge in [-0.1, -0.05) is 30.4 Å². The van der Waals surface area contributed by atoms with Crippen LogP contribution < -0.4 is 5.73 Å². The van der Waals surface area contributed by atoms with Gasteiger partial charge in [-0.15, -0.1) is 0 Å². The van der Waals surface area contributed by atoms with E-state index in [1.165, 1.54) is 17.7 Å². The van der Waals surface area contributed by atoms with Gasteiger partial charge >= 0.3 is 0 Å². The van der Waals surface area contributed by atoms with Gasteiger partial charge in [-0.25, -0.2) is 4.98 Å². The predicted molar refractivity (Wildman–Crippen MR) is 112 cm³/mol. The summed E-state index contributed by atoms with van der Waals surface area (Å²) < 4.78 is 0. The first kappa shape index (κ1) is 17.6. The number of rotatable bonds is 4. The Bertz CT molecular complexity index is 958. The van der Waals surface area contributed by atoms with Crippen LogP contribution in [0.15, 0.2) is 54.7 Å². The minimum Gasteiger partial charge on any atom is -0.341 e. The number of fused-ring (bicyclic) bond motifs is 2. The number of aromatic nitrogens is 3. The first-order valence-electron chi connectivity index (χ1n) is 10.3. The summed E-state index contributed by atoms with van der Waals surface area (Å²) in [4.78, 5) is 15.7. The van der Waals surface area contributed by atoms with Crippen molar-refractivity contribution in [1.29, 1.82) is 0 Å². The summed E-state index contributed by atoms with van der Waals surface area (Å²) in [6.07, 6.45) is 12.0. The number of benzene rings is 1. The average molecular weight is 374 g/mol. The van der Waals surface area contributed by atoms with E-state index in [1.54, 1.807) is 0 Å². The molecule has 0 amide bonds. The molecule has 0 spiro atoms. The van der Waals surface area contributed by atoms with Crippen LogP contribution in [0.5, 0.6) is 0 Å². The molecule has 28 heavy (non-hydrogen) atoms. The zero-order valence-electron chi connectivity index (χ0n) is 16.1.